The Bertz CT molecular complexity index is 714. The molecule has 0 amide bonds. The van der Waals surface area contributed by atoms with Crippen LogP contribution in [0.3, 0.4) is 0 Å². The van der Waals surface area contributed by atoms with Crippen LogP contribution in [0.15, 0.2) is 36.4 Å². The van der Waals surface area contributed by atoms with Gasteiger partial charge < -0.3 is 14.2 Å². The number of benzene rings is 2. The molecule has 2 aliphatic rings. The van der Waals surface area contributed by atoms with Gasteiger partial charge in [-0.15, -0.1) is 0 Å². The Labute approximate surface area is 136 Å². The molecule has 1 atom stereocenters. The first-order valence-electron chi connectivity index (χ1n) is 8.05. The highest BCUT2D eigenvalue weighted by atomic mass is 16.7. The Morgan fingerprint density at radius 3 is 2.78 bits per heavy atom. The first kappa shape index (κ1) is 14.4. The third-order valence-electron chi connectivity index (χ3n) is 4.88. The zero-order chi connectivity index (χ0) is 15.8. The molecule has 2 aromatic rings. The highest BCUT2D eigenvalue weighted by Gasteiger charge is 2.30. The summed E-state index contributed by atoms with van der Waals surface area (Å²) in [7, 11) is 1.71. The Kier molecular flexibility index (Phi) is 3.62. The monoisotopic (exact) mass is 311 g/mol. The third kappa shape index (κ3) is 2.43. The summed E-state index contributed by atoms with van der Waals surface area (Å²) in [5.41, 5.74) is 3.88. The van der Waals surface area contributed by atoms with Crippen LogP contribution in [0.25, 0.3) is 0 Å². The van der Waals surface area contributed by atoms with Gasteiger partial charge in [-0.25, -0.2) is 0 Å². The second-order valence-electron chi connectivity index (χ2n) is 6.09. The smallest absolute Gasteiger partial charge is 0.231 e. The van der Waals surface area contributed by atoms with E-state index in [9.17, 15) is 0 Å². The van der Waals surface area contributed by atoms with E-state index >= 15 is 0 Å². The van der Waals surface area contributed by atoms with Crippen molar-refractivity contribution in [3.63, 3.8) is 0 Å². The molecule has 0 aliphatic carbocycles. The summed E-state index contributed by atoms with van der Waals surface area (Å²) < 4.78 is 16.8. The Morgan fingerprint density at radius 1 is 1.17 bits per heavy atom. The number of ether oxygens (including phenoxy) is 3. The Balaban J connectivity index is 1.67. The highest BCUT2D eigenvalue weighted by Crippen LogP contribution is 2.47. The molecule has 0 bridgehead atoms. The quantitative estimate of drug-likeness (QED) is 0.867. The van der Waals surface area contributed by atoms with Crippen LogP contribution < -0.4 is 14.2 Å². The standard InChI is InChI=1S/C19H21NO3/c1-13(14-6-4-3-5-7-14)20-9-8-15-10-17-19(23-12-22-17)18(21-2)16(15)11-20/h3-7,10,13H,8-9,11-12H2,1-2H3/t13-/m1/s1. The van der Waals surface area contributed by atoms with Crippen molar-refractivity contribution in [2.45, 2.75) is 25.9 Å². The second kappa shape index (κ2) is 5.78. The van der Waals surface area contributed by atoms with Crippen molar-refractivity contribution in [1.82, 2.24) is 4.90 Å². The van der Waals surface area contributed by atoms with Gasteiger partial charge in [-0.05, 0) is 30.5 Å². The van der Waals surface area contributed by atoms with E-state index in [0.29, 0.717) is 6.04 Å². The van der Waals surface area contributed by atoms with Crippen molar-refractivity contribution in [2.75, 3.05) is 20.4 Å². The van der Waals surface area contributed by atoms with E-state index in [0.717, 1.165) is 36.8 Å². The molecule has 2 heterocycles. The van der Waals surface area contributed by atoms with Gasteiger partial charge in [-0.1, -0.05) is 30.3 Å². The van der Waals surface area contributed by atoms with Crippen LogP contribution in [0.4, 0.5) is 0 Å². The lowest BCUT2D eigenvalue weighted by Gasteiger charge is -2.34. The van der Waals surface area contributed by atoms with Gasteiger partial charge in [0, 0.05) is 24.7 Å². The molecule has 2 aliphatic heterocycles. The number of nitrogens with zero attached hydrogens (tertiary/aromatic N) is 1. The van der Waals surface area contributed by atoms with E-state index in [-0.39, 0.29) is 6.79 Å². The Morgan fingerprint density at radius 2 is 2.00 bits per heavy atom. The lowest BCUT2D eigenvalue weighted by molar-refractivity contribution is 0.170. The van der Waals surface area contributed by atoms with Crippen LogP contribution in [0.5, 0.6) is 17.2 Å². The maximum absolute atomic E-state index is 5.66. The van der Waals surface area contributed by atoms with Crippen LogP contribution in [-0.4, -0.2) is 25.3 Å². The molecule has 0 fully saturated rings. The van der Waals surface area contributed by atoms with Crippen molar-refractivity contribution in [3.8, 4) is 17.2 Å². The fraction of sp³-hybridized carbons (Fsp3) is 0.368. The molecule has 0 N–H and O–H groups in total. The SMILES string of the molecule is COc1c2c(cc3c1OCO3)CCN([C@H](C)c1ccccc1)C2. The summed E-state index contributed by atoms with van der Waals surface area (Å²) in [6.07, 6.45) is 1.000. The fourth-order valence-electron chi connectivity index (χ4n) is 3.53. The summed E-state index contributed by atoms with van der Waals surface area (Å²) in [5, 5.41) is 0. The van der Waals surface area contributed by atoms with E-state index in [1.165, 1.54) is 16.7 Å². The van der Waals surface area contributed by atoms with Crippen molar-refractivity contribution < 1.29 is 14.2 Å². The normalized spacial score (nSPS) is 17.7. The summed E-state index contributed by atoms with van der Waals surface area (Å²) in [6, 6.07) is 13.1. The molecule has 0 aromatic heterocycles. The van der Waals surface area contributed by atoms with Crippen molar-refractivity contribution in [2.24, 2.45) is 0 Å². The van der Waals surface area contributed by atoms with Gasteiger partial charge >= 0.3 is 0 Å². The summed E-state index contributed by atoms with van der Waals surface area (Å²) in [5.74, 6) is 2.39. The molecule has 0 saturated carbocycles. The lowest BCUT2D eigenvalue weighted by Crippen LogP contribution is -2.33. The van der Waals surface area contributed by atoms with Crippen LogP contribution in [0, 0.1) is 0 Å². The van der Waals surface area contributed by atoms with Gasteiger partial charge in [-0.2, -0.15) is 0 Å². The van der Waals surface area contributed by atoms with Gasteiger partial charge in [0.15, 0.2) is 11.5 Å². The first-order valence-corrected chi connectivity index (χ1v) is 8.05. The molecule has 0 radical (unpaired) electrons. The first-order chi connectivity index (χ1) is 11.3. The van der Waals surface area contributed by atoms with Crippen LogP contribution >= 0.6 is 0 Å². The average Bonchev–Trinajstić information content (AvgIpc) is 3.07. The molecule has 23 heavy (non-hydrogen) atoms. The molecule has 2 aromatic carbocycles. The molecule has 120 valence electrons. The maximum atomic E-state index is 5.66. The molecular formula is C19H21NO3. The predicted molar refractivity (Wildman–Crippen MR) is 88.1 cm³/mol. The minimum atomic E-state index is 0.277. The molecule has 4 heteroatoms. The van der Waals surface area contributed by atoms with E-state index in [4.69, 9.17) is 14.2 Å². The number of fused-ring (bicyclic) bond motifs is 2. The predicted octanol–water partition coefficient (Wildman–Crippen LogP) is 3.54. The van der Waals surface area contributed by atoms with Gasteiger partial charge in [0.05, 0.1) is 7.11 Å². The zero-order valence-corrected chi connectivity index (χ0v) is 13.5. The molecule has 0 spiro atoms. The number of hydrogen-bond acceptors (Lipinski definition) is 4. The van der Waals surface area contributed by atoms with Gasteiger partial charge in [0.1, 0.15) is 0 Å². The minimum absolute atomic E-state index is 0.277. The van der Waals surface area contributed by atoms with Crippen LogP contribution in [-0.2, 0) is 13.0 Å². The highest BCUT2D eigenvalue weighted by molar-refractivity contribution is 5.60. The molecule has 4 rings (SSSR count). The fourth-order valence-corrected chi connectivity index (χ4v) is 3.53. The topological polar surface area (TPSA) is 30.9 Å². The van der Waals surface area contributed by atoms with E-state index < -0.39 is 0 Å². The average molecular weight is 311 g/mol. The Hall–Kier alpha value is -2.20. The summed E-state index contributed by atoms with van der Waals surface area (Å²) in [4.78, 5) is 2.49. The third-order valence-corrected chi connectivity index (χ3v) is 4.88. The molecule has 0 saturated heterocycles. The lowest BCUT2D eigenvalue weighted by atomic mass is 9.95. The van der Waals surface area contributed by atoms with E-state index in [1.54, 1.807) is 7.11 Å². The van der Waals surface area contributed by atoms with Crippen molar-refractivity contribution in [3.05, 3.63) is 53.1 Å². The van der Waals surface area contributed by atoms with Gasteiger partial charge in [-0.3, -0.25) is 4.90 Å². The number of methoxy groups -OCH3 is 1. The summed E-state index contributed by atoms with van der Waals surface area (Å²) >= 11 is 0. The van der Waals surface area contributed by atoms with E-state index in [2.05, 4.69) is 48.2 Å². The molecular weight excluding hydrogens is 290 g/mol. The summed E-state index contributed by atoms with van der Waals surface area (Å²) in [6.45, 7) is 4.44. The van der Waals surface area contributed by atoms with Crippen molar-refractivity contribution >= 4 is 0 Å². The zero-order valence-electron chi connectivity index (χ0n) is 13.5. The minimum Gasteiger partial charge on any atom is -0.492 e. The second-order valence-corrected chi connectivity index (χ2v) is 6.09. The van der Waals surface area contributed by atoms with Crippen LogP contribution in [0.2, 0.25) is 0 Å². The van der Waals surface area contributed by atoms with Crippen LogP contribution in [0.1, 0.15) is 29.7 Å². The van der Waals surface area contributed by atoms with Gasteiger partial charge in [0.2, 0.25) is 12.5 Å². The molecule has 0 unspecified atom stereocenters. The molecule has 4 nitrogen and oxygen atoms in total. The van der Waals surface area contributed by atoms with Gasteiger partial charge in [0.25, 0.3) is 0 Å². The maximum Gasteiger partial charge on any atom is 0.231 e. The number of hydrogen-bond donors (Lipinski definition) is 0. The largest absolute Gasteiger partial charge is 0.492 e. The van der Waals surface area contributed by atoms with Crippen molar-refractivity contribution in [1.29, 1.82) is 0 Å². The van der Waals surface area contributed by atoms with E-state index in [1.807, 2.05) is 0 Å². The number of rotatable bonds is 3.